The maximum atomic E-state index is 13.1. The monoisotopic (exact) mass is 475 g/mol. The van der Waals surface area contributed by atoms with Gasteiger partial charge in [0.2, 0.25) is 0 Å². The van der Waals surface area contributed by atoms with Crippen LogP contribution >= 0.6 is 0 Å². The molecule has 0 saturated heterocycles. The van der Waals surface area contributed by atoms with Crippen LogP contribution in [0.25, 0.3) is 0 Å². The first-order valence-electron chi connectivity index (χ1n) is 10.2. The summed E-state index contributed by atoms with van der Waals surface area (Å²) in [6.45, 7) is 4.51. The summed E-state index contributed by atoms with van der Waals surface area (Å²) in [5, 5.41) is 14.1. The number of carbonyl (C=O) groups is 1. The molecule has 0 aliphatic carbocycles. The largest absolute Gasteiger partial charge is 0.478 e. The van der Waals surface area contributed by atoms with E-state index in [0.717, 1.165) is 48.5 Å². The van der Waals surface area contributed by atoms with Gasteiger partial charge < -0.3 is 10.0 Å². The molecule has 0 unspecified atom stereocenters. The summed E-state index contributed by atoms with van der Waals surface area (Å²) in [6.07, 6.45) is 2.80. The zero-order chi connectivity index (χ0) is 24.3. The summed E-state index contributed by atoms with van der Waals surface area (Å²) < 4.78 is 42.3. The van der Waals surface area contributed by atoms with Gasteiger partial charge in [-0.05, 0) is 62.6 Å². The van der Waals surface area contributed by atoms with Gasteiger partial charge >= 0.3 is 5.97 Å². The van der Waals surface area contributed by atoms with Crippen LogP contribution in [0.1, 0.15) is 33.7 Å². The Balaban J connectivity index is 1.75. The number of rotatable bonds is 9. The fourth-order valence-corrected chi connectivity index (χ4v) is 4.62. The molecule has 0 bridgehead atoms. The number of carboxylic acids is 1. The van der Waals surface area contributed by atoms with E-state index in [1.54, 1.807) is 11.9 Å². The summed E-state index contributed by atoms with van der Waals surface area (Å²) in [5.41, 5.74) is 3.10. The van der Waals surface area contributed by atoms with E-state index in [1.165, 1.54) is 17.8 Å². The molecule has 0 atom stereocenters. The van der Waals surface area contributed by atoms with E-state index in [9.17, 15) is 22.7 Å². The van der Waals surface area contributed by atoms with Crippen LogP contribution in [0.3, 0.4) is 0 Å². The van der Waals surface area contributed by atoms with E-state index >= 15 is 0 Å². The molecule has 9 nitrogen and oxygen atoms in total. The molecule has 1 aromatic carbocycles. The first-order chi connectivity index (χ1) is 15.5. The quantitative estimate of drug-likeness (QED) is 0.488. The molecule has 176 valence electrons. The smallest absolute Gasteiger partial charge is 0.339 e. The van der Waals surface area contributed by atoms with Crippen molar-refractivity contribution < 1.29 is 22.7 Å². The molecule has 0 aliphatic rings. The van der Waals surface area contributed by atoms with Crippen LogP contribution in [0.15, 0.2) is 41.4 Å². The van der Waals surface area contributed by atoms with Crippen LogP contribution in [-0.2, 0) is 23.5 Å². The second-order valence-corrected chi connectivity index (χ2v) is 9.44. The molecule has 0 radical (unpaired) electrons. The second-order valence-electron chi connectivity index (χ2n) is 7.76. The van der Waals surface area contributed by atoms with Crippen LogP contribution in [0, 0.1) is 19.7 Å². The lowest BCUT2D eigenvalue weighted by atomic mass is 10.1. The van der Waals surface area contributed by atoms with E-state index in [4.69, 9.17) is 0 Å². The molecule has 33 heavy (non-hydrogen) atoms. The van der Waals surface area contributed by atoms with E-state index < -0.39 is 21.8 Å². The number of nitrogens with one attached hydrogen (secondary N) is 1. The first-order valence-corrected chi connectivity index (χ1v) is 11.7. The highest BCUT2D eigenvalue weighted by atomic mass is 32.2. The van der Waals surface area contributed by atoms with Crippen molar-refractivity contribution in [3.8, 4) is 0 Å². The highest BCUT2D eigenvalue weighted by Gasteiger charge is 2.20. The van der Waals surface area contributed by atoms with Gasteiger partial charge in [0.25, 0.3) is 10.0 Å². The highest BCUT2D eigenvalue weighted by molar-refractivity contribution is 7.92. The Bertz CT molecular complexity index is 1270. The molecule has 0 aliphatic heterocycles. The SMILES string of the molecule is Cc1nn(C)c(C)c1CCCN(C)c1ncc(NS(=O)(=O)c2ccc(F)cc2)cc1C(=O)O. The van der Waals surface area contributed by atoms with Gasteiger partial charge in [0.05, 0.1) is 22.5 Å². The Morgan fingerprint density at radius 3 is 2.48 bits per heavy atom. The summed E-state index contributed by atoms with van der Waals surface area (Å²) in [6, 6.07) is 5.52. The lowest BCUT2D eigenvalue weighted by Gasteiger charge is -2.20. The molecule has 3 rings (SSSR count). The molecule has 0 spiro atoms. The predicted octanol–water partition coefficient (Wildman–Crippen LogP) is 3.14. The fraction of sp³-hybridized carbons (Fsp3) is 0.318. The third kappa shape index (κ3) is 5.48. The molecule has 11 heteroatoms. The van der Waals surface area contributed by atoms with E-state index in [-0.39, 0.29) is 22.0 Å². The Kier molecular flexibility index (Phi) is 7.01. The Morgan fingerprint density at radius 2 is 1.91 bits per heavy atom. The zero-order valence-electron chi connectivity index (χ0n) is 18.8. The summed E-state index contributed by atoms with van der Waals surface area (Å²) >= 11 is 0. The van der Waals surface area contributed by atoms with Crippen LogP contribution in [0.4, 0.5) is 15.9 Å². The fourth-order valence-electron chi connectivity index (χ4n) is 3.58. The first kappa shape index (κ1) is 24.2. The van der Waals surface area contributed by atoms with Crippen LogP contribution in [0.5, 0.6) is 0 Å². The average Bonchev–Trinajstić information content (AvgIpc) is 2.99. The van der Waals surface area contributed by atoms with Gasteiger partial charge in [-0.25, -0.2) is 22.6 Å². The highest BCUT2D eigenvalue weighted by Crippen LogP contribution is 2.24. The Labute approximate surface area is 191 Å². The van der Waals surface area contributed by atoms with Crippen molar-refractivity contribution >= 4 is 27.5 Å². The predicted molar refractivity (Wildman–Crippen MR) is 123 cm³/mol. The maximum absolute atomic E-state index is 13.1. The lowest BCUT2D eigenvalue weighted by molar-refractivity contribution is 0.0697. The second kappa shape index (κ2) is 9.57. The number of nitrogens with zero attached hydrogens (tertiary/aromatic N) is 4. The number of hydrogen-bond donors (Lipinski definition) is 2. The summed E-state index contributed by atoms with van der Waals surface area (Å²) in [5.74, 6) is -1.57. The van der Waals surface area contributed by atoms with Crippen molar-refractivity contribution in [2.75, 3.05) is 23.2 Å². The number of carboxylic acid groups (broad SMARTS) is 1. The van der Waals surface area contributed by atoms with Crippen molar-refractivity contribution in [3.63, 3.8) is 0 Å². The van der Waals surface area contributed by atoms with Gasteiger partial charge in [0.15, 0.2) is 0 Å². The molecule has 0 amide bonds. The number of aromatic carboxylic acids is 1. The Hall–Kier alpha value is -3.47. The maximum Gasteiger partial charge on any atom is 0.339 e. The number of hydrogen-bond acceptors (Lipinski definition) is 6. The van der Waals surface area contributed by atoms with Gasteiger partial charge in [-0.1, -0.05) is 0 Å². The summed E-state index contributed by atoms with van der Waals surface area (Å²) in [7, 11) is -0.396. The standard InChI is InChI=1S/C22H26FN5O4S/c1-14-19(15(2)28(4)25-14)6-5-11-27(3)21-20(22(29)30)12-17(13-24-21)26-33(31,32)18-9-7-16(23)8-10-18/h7-10,12-13,26H,5-6,11H2,1-4H3,(H,29,30). The van der Waals surface area contributed by atoms with Crippen molar-refractivity contribution in [1.29, 1.82) is 0 Å². The lowest BCUT2D eigenvalue weighted by Crippen LogP contribution is -2.23. The number of sulfonamides is 1. The molecule has 2 heterocycles. The number of pyridine rings is 1. The third-order valence-corrected chi connectivity index (χ3v) is 6.81. The van der Waals surface area contributed by atoms with Crippen molar-refractivity contribution in [2.24, 2.45) is 7.05 Å². The van der Waals surface area contributed by atoms with Crippen LogP contribution in [0.2, 0.25) is 0 Å². The minimum Gasteiger partial charge on any atom is -0.478 e. The number of halogens is 1. The van der Waals surface area contributed by atoms with Crippen molar-refractivity contribution in [2.45, 2.75) is 31.6 Å². The molecule has 3 aromatic rings. The number of anilines is 2. The van der Waals surface area contributed by atoms with Gasteiger partial charge in [0, 0.05) is 26.3 Å². The number of benzene rings is 1. The summed E-state index contributed by atoms with van der Waals surface area (Å²) in [4.78, 5) is 17.6. The minimum atomic E-state index is -4.03. The van der Waals surface area contributed by atoms with Crippen LogP contribution < -0.4 is 9.62 Å². The molecule has 2 N–H and O–H groups in total. The number of aryl methyl sites for hydroxylation is 2. The average molecular weight is 476 g/mol. The Morgan fingerprint density at radius 1 is 1.24 bits per heavy atom. The molecular weight excluding hydrogens is 449 g/mol. The molecular formula is C22H26FN5O4S. The molecule has 2 aromatic heterocycles. The third-order valence-electron chi connectivity index (χ3n) is 5.41. The van der Waals surface area contributed by atoms with Gasteiger partial charge in [-0.3, -0.25) is 9.40 Å². The van der Waals surface area contributed by atoms with Gasteiger partial charge in [0.1, 0.15) is 17.2 Å². The van der Waals surface area contributed by atoms with Crippen LogP contribution in [-0.4, -0.2) is 47.9 Å². The molecule has 0 saturated carbocycles. The van der Waals surface area contributed by atoms with E-state index in [2.05, 4.69) is 14.8 Å². The van der Waals surface area contributed by atoms with E-state index in [1.807, 2.05) is 25.6 Å². The molecule has 0 fully saturated rings. The van der Waals surface area contributed by atoms with Crippen molar-refractivity contribution in [3.05, 3.63) is 64.9 Å². The topological polar surface area (TPSA) is 117 Å². The van der Waals surface area contributed by atoms with E-state index in [0.29, 0.717) is 6.54 Å². The van der Waals surface area contributed by atoms with Gasteiger partial charge in [-0.2, -0.15) is 5.10 Å². The van der Waals surface area contributed by atoms with Gasteiger partial charge in [-0.15, -0.1) is 0 Å². The van der Waals surface area contributed by atoms with Crippen molar-refractivity contribution in [1.82, 2.24) is 14.8 Å². The normalized spacial score (nSPS) is 11.4. The number of aromatic nitrogens is 3. The minimum absolute atomic E-state index is 0.00418. The zero-order valence-corrected chi connectivity index (χ0v) is 19.6.